The van der Waals surface area contributed by atoms with Crippen molar-refractivity contribution in [2.45, 2.75) is 6.54 Å². The summed E-state index contributed by atoms with van der Waals surface area (Å²) in [5, 5.41) is 0. The standard InChI is InChI=1S/C15H9Cl2FN2OS2/c1-2-6-20-12-9(18)4-3-5-10(12)22-15(20)19-14(21)8-7-11(16)23-13(8)17/h2-5,7H,1,6H2. The molecule has 0 radical (unpaired) electrons. The van der Waals surface area contributed by atoms with E-state index >= 15 is 0 Å². The van der Waals surface area contributed by atoms with E-state index in [1.165, 1.54) is 23.5 Å². The summed E-state index contributed by atoms with van der Waals surface area (Å²) in [4.78, 5) is 16.8. The number of allylic oxidation sites excluding steroid dienone is 1. The summed E-state index contributed by atoms with van der Waals surface area (Å²) < 4.78 is 17.1. The average molecular weight is 387 g/mol. The molecule has 8 heteroatoms. The molecule has 0 bridgehead atoms. The quantitative estimate of drug-likeness (QED) is 0.574. The summed E-state index contributed by atoms with van der Waals surface area (Å²) in [6.07, 6.45) is 1.62. The normalized spacial score (nSPS) is 12.0. The summed E-state index contributed by atoms with van der Waals surface area (Å²) in [7, 11) is 0. The van der Waals surface area contributed by atoms with Gasteiger partial charge in [-0.15, -0.1) is 17.9 Å². The molecule has 2 aromatic heterocycles. The van der Waals surface area contributed by atoms with E-state index in [2.05, 4.69) is 11.6 Å². The third kappa shape index (κ3) is 3.12. The molecule has 3 rings (SSSR count). The molecule has 0 aliphatic carbocycles. The van der Waals surface area contributed by atoms with Crippen molar-refractivity contribution in [3.63, 3.8) is 0 Å². The maximum absolute atomic E-state index is 14.1. The molecule has 0 aliphatic rings. The summed E-state index contributed by atoms with van der Waals surface area (Å²) in [5.41, 5.74) is 0.642. The molecule has 2 heterocycles. The van der Waals surface area contributed by atoms with Gasteiger partial charge in [0.2, 0.25) is 0 Å². The maximum Gasteiger partial charge on any atom is 0.282 e. The van der Waals surface area contributed by atoms with Crippen molar-refractivity contribution in [2.24, 2.45) is 4.99 Å². The molecule has 0 aliphatic heterocycles. The van der Waals surface area contributed by atoms with Crippen LogP contribution in [0.4, 0.5) is 4.39 Å². The number of fused-ring (bicyclic) bond motifs is 1. The smallest absolute Gasteiger partial charge is 0.282 e. The van der Waals surface area contributed by atoms with E-state index in [9.17, 15) is 9.18 Å². The second-order valence-corrected chi connectivity index (χ2v) is 7.82. The Balaban J connectivity index is 2.20. The Morgan fingerprint density at radius 2 is 2.17 bits per heavy atom. The monoisotopic (exact) mass is 386 g/mol. The molecular weight excluding hydrogens is 378 g/mol. The number of carbonyl (C=O) groups is 1. The van der Waals surface area contributed by atoms with Gasteiger partial charge in [0.25, 0.3) is 5.91 Å². The fourth-order valence-corrected chi connectivity index (χ4v) is 4.60. The van der Waals surface area contributed by atoms with E-state index in [0.29, 0.717) is 25.9 Å². The zero-order valence-corrected chi connectivity index (χ0v) is 14.7. The summed E-state index contributed by atoms with van der Waals surface area (Å²) in [6, 6.07) is 6.25. The van der Waals surface area contributed by atoms with Crippen LogP contribution in [-0.4, -0.2) is 10.5 Å². The van der Waals surface area contributed by atoms with Gasteiger partial charge in [0.05, 0.1) is 20.1 Å². The van der Waals surface area contributed by atoms with Crippen LogP contribution >= 0.6 is 45.9 Å². The summed E-state index contributed by atoms with van der Waals surface area (Å²) >= 11 is 14.2. The van der Waals surface area contributed by atoms with Crippen LogP contribution in [0.5, 0.6) is 0 Å². The highest BCUT2D eigenvalue weighted by Gasteiger charge is 2.15. The lowest BCUT2D eigenvalue weighted by molar-refractivity contribution is 0.0998. The Morgan fingerprint density at radius 1 is 1.39 bits per heavy atom. The van der Waals surface area contributed by atoms with E-state index in [-0.39, 0.29) is 15.7 Å². The molecule has 23 heavy (non-hydrogen) atoms. The number of hydrogen-bond acceptors (Lipinski definition) is 3. The second-order valence-electron chi connectivity index (χ2n) is 4.53. The first-order valence-electron chi connectivity index (χ1n) is 6.44. The number of nitrogens with zero attached hydrogens (tertiary/aromatic N) is 2. The predicted octanol–water partition coefficient (Wildman–Crippen LogP) is 5.14. The van der Waals surface area contributed by atoms with Crippen LogP contribution in [-0.2, 0) is 6.54 Å². The molecule has 0 atom stereocenters. The second kappa shape index (κ2) is 6.57. The van der Waals surface area contributed by atoms with Gasteiger partial charge in [0.1, 0.15) is 10.2 Å². The zero-order valence-electron chi connectivity index (χ0n) is 11.6. The van der Waals surface area contributed by atoms with Gasteiger partial charge < -0.3 is 4.57 Å². The van der Waals surface area contributed by atoms with E-state index < -0.39 is 5.91 Å². The van der Waals surface area contributed by atoms with Gasteiger partial charge in [-0.1, -0.05) is 46.7 Å². The first-order valence-corrected chi connectivity index (χ1v) is 8.83. The highest BCUT2D eigenvalue weighted by Crippen LogP contribution is 2.31. The minimum atomic E-state index is -0.511. The number of thiophene rings is 1. The fraction of sp³-hybridized carbons (Fsp3) is 0.0667. The van der Waals surface area contributed by atoms with Gasteiger partial charge in [0.15, 0.2) is 4.80 Å². The molecular formula is C15H9Cl2FN2OS2. The van der Waals surface area contributed by atoms with Crippen LogP contribution < -0.4 is 4.80 Å². The van der Waals surface area contributed by atoms with Crippen molar-refractivity contribution in [3.05, 3.63) is 61.8 Å². The third-order valence-electron chi connectivity index (χ3n) is 3.05. The van der Waals surface area contributed by atoms with Crippen molar-refractivity contribution in [1.29, 1.82) is 0 Å². The predicted molar refractivity (Wildman–Crippen MR) is 94.2 cm³/mol. The molecule has 0 N–H and O–H groups in total. The number of halogens is 3. The largest absolute Gasteiger partial charge is 0.310 e. The lowest BCUT2D eigenvalue weighted by atomic mass is 10.3. The molecule has 0 unspecified atom stereocenters. The minimum absolute atomic E-state index is 0.241. The number of aromatic nitrogens is 1. The SMILES string of the molecule is C=CCn1c(=NC(=O)c2cc(Cl)sc2Cl)sc2cccc(F)c21. The van der Waals surface area contributed by atoms with Crippen molar-refractivity contribution in [3.8, 4) is 0 Å². The number of carbonyl (C=O) groups excluding carboxylic acids is 1. The molecule has 1 amide bonds. The van der Waals surface area contributed by atoms with Crippen LogP contribution in [0.25, 0.3) is 10.2 Å². The van der Waals surface area contributed by atoms with Crippen LogP contribution in [0, 0.1) is 5.82 Å². The fourth-order valence-electron chi connectivity index (χ4n) is 2.10. The van der Waals surface area contributed by atoms with Crippen LogP contribution in [0.1, 0.15) is 10.4 Å². The van der Waals surface area contributed by atoms with Gasteiger partial charge >= 0.3 is 0 Å². The third-order valence-corrected chi connectivity index (χ3v) is 5.58. The van der Waals surface area contributed by atoms with Gasteiger partial charge in [-0.25, -0.2) is 4.39 Å². The van der Waals surface area contributed by atoms with Crippen molar-refractivity contribution in [1.82, 2.24) is 4.57 Å². The van der Waals surface area contributed by atoms with Gasteiger partial charge in [-0.2, -0.15) is 4.99 Å². The van der Waals surface area contributed by atoms with Crippen molar-refractivity contribution < 1.29 is 9.18 Å². The van der Waals surface area contributed by atoms with E-state index in [1.54, 1.807) is 22.8 Å². The van der Waals surface area contributed by atoms with E-state index in [1.807, 2.05) is 0 Å². The summed E-state index contributed by atoms with van der Waals surface area (Å²) in [6.45, 7) is 4.00. The molecule has 3 nitrogen and oxygen atoms in total. The molecule has 0 fully saturated rings. The number of hydrogen-bond donors (Lipinski definition) is 0. The number of para-hydroxylation sites is 1. The molecule has 118 valence electrons. The van der Waals surface area contributed by atoms with Gasteiger partial charge in [0, 0.05) is 6.54 Å². The molecule has 0 spiro atoms. The average Bonchev–Trinajstić information content (AvgIpc) is 3.01. The van der Waals surface area contributed by atoms with Crippen LogP contribution in [0.3, 0.4) is 0 Å². The lowest BCUT2D eigenvalue weighted by Crippen LogP contribution is -2.16. The number of thiazole rings is 1. The topological polar surface area (TPSA) is 34.4 Å². The van der Waals surface area contributed by atoms with Gasteiger partial charge in [-0.05, 0) is 18.2 Å². The Labute approximate surface area is 148 Å². The Morgan fingerprint density at radius 3 is 2.83 bits per heavy atom. The summed E-state index contributed by atoms with van der Waals surface area (Å²) in [5.74, 6) is -0.881. The Kier molecular flexibility index (Phi) is 4.68. The number of amides is 1. The molecule has 1 aromatic carbocycles. The maximum atomic E-state index is 14.1. The van der Waals surface area contributed by atoms with Crippen molar-refractivity contribution >= 4 is 62.0 Å². The van der Waals surface area contributed by atoms with Crippen LogP contribution in [0.2, 0.25) is 8.67 Å². The molecule has 3 aromatic rings. The first kappa shape index (κ1) is 16.4. The first-order chi connectivity index (χ1) is 11.0. The number of rotatable bonds is 3. The van der Waals surface area contributed by atoms with Gasteiger partial charge in [-0.3, -0.25) is 4.79 Å². The lowest BCUT2D eigenvalue weighted by Gasteiger charge is -2.01. The number of benzene rings is 1. The Bertz CT molecular complexity index is 987. The van der Waals surface area contributed by atoms with Crippen LogP contribution in [0.15, 0.2) is 41.9 Å². The highest BCUT2D eigenvalue weighted by molar-refractivity contribution is 7.20. The van der Waals surface area contributed by atoms with E-state index in [0.717, 1.165) is 11.3 Å². The molecule has 0 saturated carbocycles. The molecule has 0 saturated heterocycles. The van der Waals surface area contributed by atoms with Crippen molar-refractivity contribution in [2.75, 3.05) is 0 Å². The minimum Gasteiger partial charge on any atom is -0.310 e. The highest BCUT2D eigenvalue weighted by atomic mass is 35.5. The van der Waals surface area contributed by atoms with E-state index in [4.69, 9.17) is 23.2 Å². The Hall–Kier alpha value is -1.47. The zero-order chi connectivity index (χ0) is 16.6.